The molecule has 173 valence electrons. The molecule has 0 bridgehead atoms. The first-order valence-corrected chi connectivity index (χ1v) is 27.5. The molecular formula is C28H39Cl2SiZr. The van der Waals surface area contributed by atoms with Gasteiger partial charge in [0.15, 0.2) is 0 Å². The molecule has 0 saturated heterocycles. The number of fused-ring (bicyclic) bond motifs is 3. The molecule has 0 spiro atoms. The van der Waals surface area contributed by atoms with Gasteiger partial charge in [0.1, 0.15) is 0 Å². The van der Waals surface area contributed by atoms with Crippen LogP contribution >= 0.6 is 0 Å². The predicted molar refractivity (Wildman–Crippen MR) is 135 cm³/mol. The van der Waals surface area contributed by atoms with E-state index in [1.165, 1.54) is 36.0 Å². The number of hydrogen-bond donors (Lipinski definition) is 0. The van der Waals surface area contributed by atoms with Crippen molar-refractivity contribution in [3.8, 4) is 11.1 Å². The van der Waals surface area contributed by atoms with Crippen LogP contribution in [-0.2, 0) is 28.8 Å². The number of hydrogen-bond acceptors (Lipinski definition) is 0. The minimum absolute atomic E-state index is 0. The Kier molecular flexibility index (Phi) is 7.55. The first-order chi connectivity index (χ1) is 13.7. The molecule has 0 amide bonds. The number of halogens is 2. The molecule has 2 aliphatic rings. The fourth-order valence-corrected chi connectivity index (χ4v) is 22.7. The Morgan fingerprint density at radius 3 is 1.56 bits per heavy atom. The SMILES string of the molecule is CC(C)(C)c1ccc2c(c1)[CH]([Zr+2]([CH3])([CH3])([SiH3])[C]1=CC=CC1)c1cc(C(C)(C)C)ccc1-2.[Cl-].[Cl-]. The van der Waals surface area contributed by atoms with E-state index in [2.05, 4.69) is 105 Å². The van der Waals surface area contributed by atoms with E-state index >= 15 is 0 Å². The van der Waals surface area contributed by atoms with E-state index in [0.29, 0.717) is 3.63 Å². The van der Waals surface area contributed by atoms with Gasteiger partial charge in [-0.3, -0.25) is 0 Å². The zero-order valence-corrected chi connectivity index (χ0v) is 27.2. The fraction of sp³-hybridized carbons (Fsp3) is 0.429. The first-order valence-electron chi connectivity index (χ1n) is 11.6. The van der Waals surface area contributed by atoms with Crippen molar-refractivity contribution in [1.29, 1.82) is 0 Å². The molecule has 0 saturated carbocycles. The van der Waals surface area contributed by atoms with Crippen molar-refractivity contribution in [2.75, 3.05) is 0 Å². The Balaban J connectivity index is 0.00000181. The van der Waals surface area contributed by atoms with Crippen molar-refractivity contribution >= 4 is 7.37 Å². The van der Waals surface area contributed by atoms with Crippen LogP contribution in [0.15, 0.2) is 57.9 Å². The van der Waals surface area contributed by atoms with Gasteiger partial charge in [-0.05, 0) is 0 Å². The summed E-state index contributed by atoms with van der Waals surface area (Å²) in [6, 6.07) is 14.8. The molecule has 0 heterocycles. The summed E-state index contributed by atoms with van der Waals surface area (Å²) in [5.41, 5.74) is 9.55. The van der Waals surface area contributed by atoms with Crippen LogP contribution in [0.3, 0.4) is 0 Å². The topological polar surface area (TPSA) is 0 Å². The maximum absolute atomic E-state index is 3.16. The van der Waals surface area contributed by atoms with E-state index in [-0.39, 0.29) is 35.6 Å². The minimum atomic E-state index is -3.16. The molecule has 0 unspecified atom stereocenters. The zero-order chi connectivity index (χ0) is 22.1. The third kappa shape index (κ3) is 4.59. The van der Waals surface area contributed by atoms with E-state index < -0.39 is 17.9 Å². The van der Waals surface area contributed by atoms with Crippen molar-refractivity contribution in [3.63, 3.8) is 0 Å². The van der Waals surface area contributed by atoms with Gasteiger partial charge in [0.25, 0.3) is 0 Å². The van der Waals surface area contributed by atoms with Crippen molar-refractivity contribution in [1.82, 2.24) is 0 Å². The summed E-state index contributed by atoms with van der Waals surface area (Å²) in [5.74, 6) is 0. The summed E-state index contributed by atoms with van der Waals surface area (Å²) < 4.78 is 7.89. The normalized spacial score (nSPS) is 16.2. The van der Waals surface area contributed by atoms with Crippen LogP contribution in [0, 0.1) is 0 Å². The standard InChI is InChI=1S/C21H25.C5H5.2CH3.2ClH.H3Si.Zr/c1-20(2,3)16-7-9-18-14(12-16)11-15-13-17(21(4,5)6)8-10-19(15)18;1-2-4-5-3-1;;;;;;/h7-13H,1-6H3;1-3H,4H2;2*1H3;2*1H;1H3;/q;;;;;;;+2/p-2. The van der Waals surface area contributed by atoms with E-state index in [0.717, 1.165) is 0 Å². The molecule has 32 heavy (non-hydrogen) atoms. The van der Waals surface area contributed by atoms with Gasteiger partial charge in [-0.2, -0.15) is 0 Å². The van der Waals surface area contributed by atoms with Gasteiger partial charge in [-0.25, -0.2) is 0 Å². The van der Waals surface area contributed by atoms with Gasteiger partial charge >= 0.3 is 188 Å². The second-order valence-corrected chi connectivity index (χ2v) is 50.4. The fourth-order valence-electron chi connectivity index (χ4n) is 5.58. The number of benzene rings is 2. The smallest absolute Gasteiger partial charge is 1.00 e. The molecule has 0 N–H and O–H groups in total. The minimum Gasteiger partial charge on any atom is -1.00 e. The maximum atomic E-state index is 2.74. The van der Waals surface area contributed by atoms with Gasteiger partial charge in [0.2, 0.25) is 0 Å². The Morgan fingerprint density at radius 2 is 1.22 bits per heavy atom. The van der Waals surface area contributed by atoms with E-state index in [9.17, 15) is 0 Å². The second kappa shape index (κ2) is 8.67. The molecule has 0 fully saturated rings. The molecule has 2 aromatic rings. The zero-order valence-electron chi connectivity index (χ0n) is 21.2. The van der Waals surface area contributed by atoms with Crippen LogP contribution in [-0.4, -0.2) is 7.37 Å². The van der Waals surface area contributed by atoms with Crippen LogP contribution in [0.25, 0.3) is 11.1 Å². The quantitative estimate of drug-likeness (QED) is 0.482. The summed E-state index contributed by atoms with van der Waals surface area (Å²) in [6.45, 7) is 14.1. The third-order valence-electron chi connectivity index (χ3n) is 7.68. The number of rotatable bonds is 2. The summed E-state index contributed by atoms with van der Waals surface area (Å²) in [7, 11) is 1.31. The molecule has 2 aromatic carbocycles. The van der Waals surface area contributed by atoms with E-state index in [4.69, 9.17) is 0 Å². The van der Waals surface area contributed by atoms with Crippen LogP contribution < -0.4 is 24.8 Å². The molecule has 4 rings (SSSR count). The Labute approximate surface area is 211 Å². The summed E-state index contributed by atoms with van der Waals surface area (Å²) in [6.07, 6.45) is 8.35. The molecule has 0 atom stereocenters. The molecule has 2 aliphatic carbocycles. The molecule has 0 aliphatic heterocycles. The van der Waals surface area contributed by atoms with Crippen LogP contribution in [0.5, 0.6) is 0 Å². The summed E-state index contributed by atoms with van der Waals surface area (Å²) >= 11 is -3.16. The average molecular weight is 566 g/mol. The van der Waals surface area contributed by atoms with Crippen molar-refractivity contribution < 1.29 is 42.8 Å². The average Bonchev–Trinajstić information content (AvgIpc) is 3.26. The van der Waals surface area contributed by atoms with Gasteiger partial charge in [-0.1, -0.05) is 0 Å². The Bertz CT molecular complexity index is 1030. The van der Waals surface area contributed by atoms with Crippen LogP contribution in [0.4, 0.5) is 0 Å². The molecule has 0 radical (unpaired) electrons. The third-order valence-corrected chi connectivity index (χ3v) is 27.9. The predicted octanol–water partition coefficient (Wildman–Crippen LogP) is 1.27. The maximum Gasteiger partial charge on any atom is -1.00 e. The van der Waals surface area contributed by atoms with Crippen molar-refractivity contribution in [2.24, 2.45) is 0 Å². The largest absolute Gasteiger partial charge is 1.00 e. The van der Waals surface area contributed by atoms with Gasteiger partial charge in [0.05, 0.1) is 0 Å². The van der Waals surface area contributed by atoms with Crippen LogP contribution in [0.2, 0.25) is 9.26 Å². The Morgan fingerprint density at radius 1 is 0.781 bits per heavy atom. The Hall–Kier alpha value is -0.400. The second-order valence-electron chi connectivity index (χ2n) is 13.1. The van der Waals surface area contributed by atoms with Gasteiger partial charge in [-0.15, -0.1) is 0 Å². The molecule has 0 nitrogen and oxygen atoms in total. The van der Waals surface area contributed by atoms with E-state index in [1.54, 1.807) is 14.4 Å². The molecular weight excluding hydrogens is 527 g/mol. The molecule has 4 heteroatoms. The van der Waals surface area contributed by atoms with Crippen LogP contribution in [0.1, 0.15) is 73.8 Å². The summed E-state index contributed by atoms with van der Waals surface area (Å²) in [5, 5.41) is 0. The molecule has 0 aromatic heterocycles. The van der Waals surface area contributed by atoms with Crippen molar-refractivity contribution in [2.45, 2.75) is 71.7 Å². The summed E-state index contributed by atoms with van der Waals surface area (Å²) in [4.78, 5) is 0. The van der Waals surface area contributed by atoms with Gasteiger partial charge in [0, 0.05) is 0 Å². The van der Waals surface area contributed by atoms with E-state index in [1.807, 2.05) is 0 Å². The first kappa shape index (κ1) is 27.8. The van der Waals surface area contributed by atoms with Gasteiger partial charge < -0.3 is 24.8 Å². The van der Waals surface area contributed by atoms with Crippen molar-refractivity contribution in [3.05, 3.63) is 80.2 Å². The number of allylic oxidation sites excluding steroid dienone is 4. The monoisotopic (exact) mass is 563 g/mol.